The number of halogens is 3. The van der Waals surface area contributed by atoms with Crippen molar-refractivity contribution < 1.29 is 13.2 Å². The molecule has 29 heavy (non-hydrogen) atoms. The maximum atomic E-state index is 13.0. The topological polar surface area (TPSA) is 58.4 Å². The van der Waals surface area contributed by atoms with Crippen molar-refractivity contribution in [2.75, 3.05) is 25.0 Å². The fraction of sp³-hybridized carbons (Fsp3) is 0.450. The van der Waals surface area contributed by atoms with E-state index >= 15 is 0 Å². The van der Waals surface area contributed by atoms with Crippen LogP contribution in [0.15, 0.2) is 42.5 Å². The molecule has 0 saturated carbocycles. The number of alkyl halides is 3. The maximum Gasteiger partial charge on any atom is 0.453 e. The van der Waals surface area contributed by atoms with E-state index in [2.05, 4.69) is 49.8 Å². The van der Waals surface area contributed by atoms with E-state index in [0.29, 0.717) is 18.3 Å². The molecular weight excluding hydrogens is 381 g/mol. The minimum absolute atomic E-state index is 0.0775. The second-order valence-electron chi connectivity index (χ2n) is 7.43. The highest BCUT2D eigenvalue weighted by Crippen LogP contribution is 2.27. The Morgan fingerprint density at radius 3 is 2.48 bits per heavy atom. The molecule has 0 unspecified atom stereocenters. The van der Waals surface area contributed by atoms with Gasteiger partial charge in [0, 0.05) is 13.1 Å². The van der Waals surface area contributed by atoms with Crippen LogP contribution in [0, 0.1) is 5.92 Å². The standard InChI is InChI=1S/C20H23F3N6/c21-20(22,23)19-26-25-18-7-6-17(27-29(18)19)24-11-8-15-9-12-28(13-10-15)14-16-4-2-1-3-5-16/h1-7,15H,8-14H2,(H,24,27). The second kappa shape index (κ2) is 8.36. The first-order chi connectivity index (χ1) is 14.0. The highest BCUT2D eigenvalue weighted by molar-refractivity contribution is 5.44. The second-order valence-corrected chi connectivity index (χ2v) is 7.43. The van der Waals surface area contributed by atoms with Crippen LogP contribution in [0.5, 0.6) is 0 Å². The van der Waals surface area contributed by atoms with Crippen molar-refractivity contribution in [3.8, 4) is 0 Å². The summed E-state index contributed by atoms with van der Waals surface area (Å²) in [5.74, 6) is -0.106. The molecule has 0 amide bonds. The molecule has 0 radical (unpaired) electrons. The van der Waals surface area contributed by atoms with Gasteiger partial charge in [-0.2, -0.15) is 17.7 Å². The lowest BCUT2D eigenvalue weighted by Crippen LogP contribution is -2.33. The third-order valence-corrected chi connectivity index (χ3v) is 5.33. The van der Waals surface area contributed by atoms with Crippen molar-refractivity contribution in [3.63, 3.8) is 0 Å². The lowest BCUT2D eigenvalue weighted by molar-refractivity contribution is -0.146. The number of aromatic nitrogens is 4. The summed E-state index contributed by atoms with van der Waals surface area (Å²) >= 11 is 0. The number of nitrogens with zero attached hydrogens (tertiary/aromatic N) is 5. The van der Waals surface area contributed by atoms with E-state index in [-0.39, 0.29) is 5.65 Å². The van der Waals surface area contributed by atoms with Crippen LogP contribution in [0.25, 0.3) is 5.65 Å². The van der Waals surface area contributed by atoms with Crippen LogP contribution in [0.1, 0.15) is 30.7 Å². The highest BCUT2D eigenvalue weighted by atomic mass is 19.4. The Kier molecular flexibility index (Phi) is 5.66. The normalized spacial score (nSPS) is 16.4. The van der Waals surface area contributed by atoms with Gasteiger partial charge in [0.05, 0.1) is 0 Å². The van der Waals surface area contributed by atoms with E-state index in [1.165, 1.54) is 11.6 Å². The zero-order valence-corrected chi connectivity index (χ0v) is 15.9. The first-order valence-corrected chi connectivity index (χ1v) is 9.79. The summed E-state index contributed by atoms with van der Waals surface area (Å²) in [6.07, 6.45) is -1.36. The Hall–Kier alpha value is -2.68. The average molecular weight is 404 g/mol. The van der Waals surface area contributed by atoms with E-state index in [0.717, 1.165) is 43.4 Å². The van der Waals surface area contributed by atoms with Gasteiger partial charge in [0.25, 0.3) is 5.82 Å². The fourth-order valence-corrected chi connectivity index (χ4v) is 3.74. The zero-order valence-electron chi connectivity index (χ0n) is 15.9. The van der Waals surface area contributed by atoms with Crippen molar-refractivity contribution in [2.45, 2.75) is 32.0 Å². The van der Waals surface area contributed by atoms with Crippen LogP contribution in [-0.2, 0) is 12.7 Å². The van der Waals surface area contributed by atoms with Gasteiger partial charge in [-0.1, -0.05) is 30.3 Å². The molecule has 0 spiro atoms. The van der Waals surface area contributed by atoms with Gasteiger partial charge in [0.15, 0.2) is 5.65 Å². The summed E-state index contributed by atoms with van der Waals surface area (Å²) in [4.78, 5) is 2.47. The van der Waals surface area contributed by atoms with E-state index < -0.39 is 12.0 Å². The van der Waals surface area contributed by atoms with Crippen LogP contribution in [0.2, 0.25) is 0 Å². The van der Waals surface area contributed by atoms with Crippen LogP contribution in [0.4, 0.5) is 19.0 Å². The van der Waals surface area contributed by atoms with E-state index in [9.17, 15) is 13.2 Å². The zero-order chi connectivity index (χ0) is 20.3. The van der Waals surface area contributed by atoms with Gasteiger partial charge in [0.1, 0.15) is 5.82 Å². The largest absolute Gasteiger partial charge is 0.453 e. The predicted octanol–water partition coefficient (Wildman–Crippen LogP) is 3.86. The molecular formula is C20H23F3N6. The Labute approximate surface area is 166 Å². The number of anilines is 1. The average Bonchev–Trinajstić information content (AvgIpc) is 3.14. The van der Waals surface area contributed by atoms with Crippen molar-refractivity contribution in [1.29, 1.82) is 0 Å². The Morgan fingerprint density at radius 1 is 1.00 bits per heavy atom. The molecule has 0 bridgehead atoms. The monoisotopic (exact) mass is 404 g/mol. The molecule has 6 nitrogen and oxygen atoms in total. The molecule has 2 aromatic heterocycles. The smallest absolute Gasteiger partial charge is 0.369 e. The molecule has 0 aliphatic carbocycles. The van der Waals surface area contributed by atoms with Crippen molar-refractivity contribution in [2.24, 2.45) is 5.92 Å². The molecule has 1 fully saturated rings. The summed E-state index contributed by atoms with van der Waals surface area (Å²) < 4.78 is 39.6. The number of rotatable bonds is 6. The molecule has 1 aromatic carbocycles. The Balaban J connectivity index is 1.26. The molecule has 154 valence electrons. The number of hydrogen-bond acceptors (Lipinski definition) is 5. The van der Waals surface area contributed by atoms with Gasteiger partial charge in [-0.25, -0.2) is 0 Å². The van der Waals surface area contributed by atoms with Gasteiger partial charge in [0.2, 0.25) is 0 Å². The van der Waals surface area contributed by atoms with Crippen LogP contribution < -0.4 is 5.32 Å². The first-order valence-electron chi connectivity index (χ1n) is 9.79. The van der Waals surface area contributed by atoms with Crippen molar-refractivity contribution in [3.05, 3.63) is 53.9 Å². The van der Waals surface area contributed by atoms with E-state index in [4.69, 9.17) is 0 Å². The molecule has 1 saturated heterocycles. The summed E-state index contributed by atoms with van der Waals surface area (Å²) in [5.41, 5.74) is 1.41. The summed E-state index contributed by atoms with van der Waals surface area (Å²) in [6.45, 7) is 3.79. The lowest BCUT2D eigenvalue weighted by Gasteiger charge is -2.32. The number of likely N-dealkylation sites (tertiary alicyclic amines) is 1. The molecule has 0 atom stereocenters. The van der Waals surface area contributed by atoms with Crippen LogP contribution >= 0.6 is 0 Å². The fourth-order valence-electron chi connectivity index (χ4n) is 3.74. The van der Waals surface area contributed by atoms with Crippen molar-refractivity contribution in [1.82, 2.24) is 24.7 Å². The molecule has 3 heterocycles. The van der Waals surface area contributed by atoms with E-state index in [1.54, 1.807) is 6.07 Å². The van der Waals surface area contributed by atoms with Gasteiger partial charge < -0.3 is 5.32 Å². The molecule has 1 aliphatic heterocycles. The van der Waals surface area contributed by atoms with E-state index in [1.807, 2.05) is 6.07 Å². The van der Waals surface area contributed by atoms with Crippen LogP contribution in [0.3, 0.4) is 0 Å². The Bertz CT molecular complexity index is 932. The number of nitrogens with one attached hydrogen (secondary N) is 1. The molecule has 1 aliphatic rings. The maximum absolute atomic E-state index is 13.0. The third kappa shape index (κ3) is 4.84. The third-order valence-electron chi connectivity index (χ3n) is 5.33. The first kappa shape index (κ1) is 19.6. The number of hydrogen-bond donors (Lipinski definition) is 1. The van der Waals surface area contributed by atoms with Gasteiger partial charge in [-0.05, 0) is 56.0 Å². The molecule has 3 aromatic rings. The van der Waals surface area contributed by atoms with Gasteiger partial charge in [-0.15, -0.1) is 15.3 Å². The summed E-state index contributed by atoms with van der Waals surface area (Å²) in [6, 6.07) is 13.6. The highest BCUT2D eigenvalue weighted by Gasteiger charge is 2.37. The molecule has 9 heteroatoms. The molecule has 4 rings (SSSR count). The Morgan fingerprint density at radius 2 is 1.76 bits per heavy atom. The summed E-state index contributed by atoms with van der Waals surface area (Å²) in [5, 5.41) is 13.8. The minimum Gasteiger partial charge on any atom is -0.369 e. The van der Waals surface area contributed by atoms with Gasteiger partial charge >= 0.3 is 6.18 Å². The quantitative estimate of drug-likeness (QED) is 0.676. The number of piperidine rings is 1. The minimum atomic E-state index is -4.58. The van der Waals surface area contributed by atoms with Gasteiger partial charge in [-0.3, -0.25) is 4.90 Å². The van der Waals surface area contributed by atoms with Crippen molar-refractivity contribution >= 4 is 11.5 Å². The number of fused-ring (bicyclic) bond motifs is 1. The molecule has 1 N–H and O–H groups in total. The SMILES string of the molecule is FC(F)(F)c1nnc2ccc(NCCC3CCN(Cc4ccccc4)CC3)nn12. The van der Waals surface area contributed by atoms with Crippen LogP contribution in [-0.4, -0.2) is 44.3 Å². The lowest BCUT2D eigenvalue weighted by atomic mass is 9.93. The predicted molar refractivity (Wildman–Crippen MR) is 103 cm³/mol. The summed E-state index contributed by atoms with van der Waals surface area (Å²) in [7, 11) is 0. The number of benzene rings is 1.